The number of carbonyl (C=O) groups excluding carboxylic acids is 2. The molecule has 1 atom stereocenters. The molecule has 10 heteroatoms. The lowest BCUT2D eigenvalue weighted by Gasteiger charge is -2.33. The topological polar surface area (TPSA) is 96.0 Å². The molecule has 0 heterocycles. The molecule has 0 saturated heterocycles. The average molecular weight is 572 g/mol. The van der Waals surface area contributed by atoms with Gasteiger partial charge in [-0.15, -0.1) is 0 Å². The SMILES string of the molecule is COc1cccc(N(CC(=O)N(Cc2cccc(Cl)c2)[C@@H](C)C(=O)NC(C)(C)C)S(=O)(=O)c2ccccc2)c1. The Morgan fingerprint density at radius 1 is 0.974 bits per heavy atom. The highest BCUT2D eigenvalue weighted by molar-refractivity contribution is 7.92. The van der Waals surface area contributed by atoms with Gasteiger partial charge >= 0.3 is 0 Å². The van der Waals surface area contributed by atoms with Gasteiger partial charge in [-0.3, -0.25) is 13.9 Å². The molecule has 0 aliphatic carbocycles. The van der Waals surface area contributed by atoms with E-state index in [9.17, 15) is 18.0 Å². The molecule has 0 radical (unpaired) electrons. The van der Waals surface area contributed by atoms with Crippen molar-refractivity contribution >= 4 is 39.1 Å². The molecule has 3 rings (SSSR count). The highest BCUT2D eigenvalue weighted by atomic mass is 35.5. The van der Waals surface area contributed by atoms with Gasteiger partial charge in [-0.05, 0) is 69.7 Å². The maximum Gasteiger partial charge on any atom is 0.264 e. The van der Waals surface area contributed by atoms with E-state index in [4.69, 9.17) is 16.3 Å². The number of nitrogens with one attached hydrogen (secondary N) is 1. The third-order valence-electron chi connectivity index (χ3n) is 5.86. The number of rotatable bonds is 10. The minimum absolute atomic E-state index is 0.0283. The highest BCUT2D eigenvalue weighted by Gasteiger charge is 2.33. The van der Waals surface area contributed by atoms with Crippen molar-refractivity contribution in [2.45, 2.75) is 50.7 Å². The van der Waals surface area contributed by atoms with Crippen molar-refractivity contribution in [2.24, 2.45) is 0 Å². The van der Waals surface area contributed by atoms with Crippen molar-refractivity contribution < 1.29 is 22.7 Å². The van der Waals surface area contributed by atoms with E-state index in [0.717, 1.165) is 4.31 Å². The summed E-state index contributed by atoms with van der Waals surface area (Å²) < 4.78 is 33.9. The summed E-state index contributed by atoms with van der Waals surface area (Å²) in [4.78, 5) is 28.5. The Labute approximate surface area is 235 Å². The maximum atomic E-state index is 13.9. The second-order valence-corrected chi connectivity index (χ2v) is 12.4. The maximum absolute atomic E-state index is 13.9. The first-order valence-corrected chi connectivity index (χ1v) is 14.2. The van der Waals surface area contributed by atoms with Crippen LogP contribution in [0.3, 0.4) is 0 Å². The summed E-state index contributed by atoms with van der Waals surface area (Å²) in [7, 11) is -2.68. The molecule has 0 saturated carbocycles. The van der Waals surface area contributed by atoms with Gasteiger partial charge in [0.2, 0.25) is 11.8 Å². The molecule has 1 N–H and O–H groups in total. The van der Waals surface area contributed by atoms with Gasteiger partial charge in [-0.2, -0.15) is 0 Å². The van der Waals surface area contributed by atoms with Crippen molar-refractivity contribution in [3.8, 4) is 5.75 Å². The van der Waals surface area contributed by atoms with Crippen molar-refractivity contribution in [1.29, 1.82) is 0 Å². The van der Waals surface area contributed by atoms with Crippen LogP contribution in [0.2, 0.25) is 5.02 Å². The third-order valence-corrected chi connectivity index (χ3v) is 7.88. The molecule has 0 aromatic heterocycles. The Morgan fingerprint density at radius 2 is 1.64 bits per heavy atom. The fourth-order valence-corrected chi connectivity index (χ4v) is 5.54. The molecule has 39 heavy (non-hydrogen) atoms. The van der Waals surface area contributed by atoms with E-state index in [1.165, 1.54) is 24.1 Å². The lowest BCUT2D eigenvalue weighted by molar-refractivity contribution is -0.140. The van der Waals surface area contributed by atoms with Crippen LogP contribution in [-0.4, -0.2) is 50.4 Å². The molecule has 208 valence electrons. The second kappa shape index (κ2) is 12.5. The first kappa shape index (κ1) is 30.0. The lowest BCUT2D eigenvalue weighted by atomic mass is 10.1. The molecular weight excluding hydrogens is 538 g/mol. The minimum Gasteiger partial charge on any atom is -0.497 e. The quantitative estimate of drug-likeness (QED) is 0.374. The van der Waals surface area contributed by atoms with Gasteiger partial charge in [-0.25, -0.2) is 8.42 Å². The predicted molar refractivity (Wildman–Crippen MR) is 153 cm³/mol. The Morgan fingerprint density at radius 3 is 2.26 bits per heavy atom. The largest absolute Gasteiger partial charge is 0.497 e. The number of ether oxygens (including phenoxy) is 1. The minimum atomic E-state index is -4.15. The summed E-state index contributed by atoms with van der Waals surface area (Å²) in [6.07, 6.45) is 0. The van der Waals surface area contributed by atoms with E-state index in [0.29, 0.717) is 16.3 Å². The van der Waals surface area contributed by atoms with Gasteiger partial charge < -0.3 is 15.0 Å². The number of methoxy groups -OCH3 is 1. The fraction of sp³-hybridized carbons (Fsp3) is 0.310. The first-order valence-electron chi connectivity index (χ1n) is 12.4. The molecule has 0 unspecified atom stereocenters. The third kappa shape index (κ3) is 7.97. The zero-order chi connectivity index (χ0) is 28.8. The molecule has 3 aromatic carbocycles. The number of hydrogen-bond acceptors (Lipinski definition) is 5. The van der Waals surface area contributed by atoms with Crippen LogP contribution in [-0.2, 0) is 26.2 Å². The van der Waals surface area contributed by atoms with Crippen LogP contribution >= 0.6 is 11.6 Å². The molecule has 0 spiro atoms. The molecule has 8 nitrogen and oxygen atoms in total. The summed E-state index contributed by atoms with van der Waals surface area (Å²) in [5.74, 6) is -0.493. The summed E-state index contributed by atoms with van der Waals surface area (Å²) in [6.45, 7) is 6.66. The Bertz CT molecular complexity index is 1410. The van der Waals surface area contributed by atoms with Crippen LogP contribution in [0.5, 0.6) is 5.75 Å². The standard InChI is InChI=1S/C29H34ClN3O5S/c1-21(28(35)31-29(2,3)4)32(19-22-11-9-12-23(30)17-22)27(34)20-33(24-13-10-14-25(18-24)38-5)39(36,37)26-15-7-6-8-16-26/h6-18,21H,19-20H2,1-5H3,(H,31,35)/t21-/m0/s1. The van der Waals surface area contributed by atoms with Gasteiger partial charge in [-0.1, -0.05) is 48.0 Å². The summed E-state index contributed by atoms with van der Waals surface area (Å²) >= 11 is 6.18. The predicted octanol–water partition coefficient (Wildman–Crippen LogP) is 4.88. The van der Waals surface area contributed by atoms with Crippen LogP contribution in [0.25, 0.3) is 0 Å². The van der Waals surface area contributed by atoms with E-state index in [1.54, 1.807) is 73.7 Å². The molecule has 0 fully saturated rings. The number of carbonyl (C=O) groups is 2. The average Bonchev–Trinajstić information content (AvgIpc) is 2.89. The molecule has 0 bridgehead atoms. The number of halogens is 1. The normalized spacial score (nSPS) is 12.4. The fourth-order valence-electron chi connectivity index (χ4n) is 3.90. The number of nitrogens with zero attached hydrogens (tertiary/aromatic N) is 2. The van der Waals surface area contributed by atoms with Crippen LogP contribution in [0, 0.1) is 0 Å². The second-order valence-electron chi connectivity index (χ2n) is 10.1. The van der Waals surface area contributed by atoms with Crippen molar-refractivity contribution in [1.82, 2.24) is 10.2 Å². The smallest absolute Gasteiger partial charge is 0.264 e. The van der Waals surface area contributed by atoms with Crippen LogP contribution in [0.4, 0.5) is 5.69 Å². The number of anilines is 1. The number of benzene rings is 3. The van der Waals surface area contributed by atoms with E-state index < -0.39 is 34.1 Å². The van der Waals surface area contributed by atoms with Crippen molar-refractivity contribution in [2.75, 3.05) is 18.0 Å². The summed E-state index contributed by atoms with van der Waals surface area (Å²) in [5.41, 5.74) is 0.422. The molecular formula is C29H34ClN3O5S. The van der Waals surface area contributed by atoms with Crippen molar-refractivity contribution in [3.05, 3.63) is 89.4 Å². The highest BCUT2D eigenvalue weighted by Crippen LogP contribution is 2.27. The van der Waals surface area contributed by atoms with Crippen LogP contribution < -0.4 is 14.4 Å². The summed E-state index contributed by atoms with van der Waals surface area (Å²) in [6, 6.07) is 20.4. The van der Waals surface area contributed by atoms with Gasteiger partial charge in [0.05, 0.1) is 17.7 Å². The monoisotopic (exact) mass is 571 g/mol. The Balaban J connectivity index is 2.05. The van der Waals surface area contributed by atoms with E-state index in [-0.39, 0.29) is 23.0 Å². The molecule has 3 aromatic rings. The zero-order valence-electron chi connectivity index (χ0n) is 22.7. The van der Waals surface area contributed by atoms with Gasteiger partial charge in [0, 0.05) is 23.2 Å². The van der Waals surface area contributed by atoms with E-state index in [1.807, 2.05) is 20.8 Å². The van der Waals surface area contributed by atoms with Gasteiger partial charge in [0.1, 0.15) is 18.3 Å². The number of amides is 2. The Kier molecular flexibility index (Phi) is 9.63. The first-order chi connectivity index (χ1) is 18.3. The van der Waals surface area contributed by atoms with Gasteiger partial charge in [0.25, 0.3) is 10.0 Å². The zero-order valence-corrected chi connectivity index (χ0v) is 24.3. The van der Waals surface area contributed by atoms with Gasteiger partial charge in [0.15, 0.2) is 0 Å². The number of sulfonamides is 1. The Hall–Kier alpha value is -3.56. The summed E-state index contributed by atoms with van der Waals surface area (Å²) in [5, 5.41) is 3.38. The molecule has 2 amide bonds. The lowest BCUT2D eigenvalue weighted by Crippen LogP contribution is -2.54. The van der Waals surface area contributed by atoms with Crippen LogP contribution in [0.15, 0.2) is 83.8 Å². The van der Waals surface area contributed by atoms with Crippen molar-refractivity contribution in [3.63, 3.8) is 0 Å². The van der Waals surface area contributed by atoms with Crippen LogP contribution in [0.1, 0.15) is 33.3 Å². The van der Waals surface area contributed by atoms with E-state index >= 15 is 0 Å². The molecule has 0 aliphatic rings. The molecule has 0 aliphatic heterocycles. The van der Waals surface area contributed by atoms with E-state index in [2.05, 4.69) is 5.32 Å². The number of hydrogen-bond donors (Lipinski definition) is 1.